The third kappa shape index (κ3) is 4.15. The Bertz CT molecular complexity index is 889. The average molecular weight is 370 g/mol. The predicted octanol–water partition coefficient (Wildman–Crippen LogP) is 2.68. The zero-order valence-electron chi connectivity index (χ0n) is 14.4. The van der Waals surface area contributed by atoms with Gasteiger partial charge in [-0.2, -0.15) is 4.98 Å². The quantitative estimate of drug-likeness (QED) is 0.674. The number of ether oxygens (including phenoxy) is 1. The molecule has 0 fully saturated rings. The van der Waals surface area contributed by atoms with Crippen LogP contribution in [0.2, 0.25) is 0 Å². The van der Waals surface area contributed by atoms with Gasteiger partial charge in [0.2, 0.25) is 0 Å². The van der Waals surface area contributed by atoms with E-state index in [9.17, 15) is 9.59 Å². The lowest BCUT2D eigenvalue weighted by Crippen LogP contribution is -2.34. The lowest BCUT2D eigenvalue weighted by atomic mass is 10.3. The molecule has 0 saturated heterocycles. The van der Waals surface area contributed by atoms with Crippen LogP contribution >= 0.6 is 11.3 Å². The van der Waals surface area contributed by atoms with Crippen molar-refractivity contribution in [1.29, 1.82) is 0 Å². The summed E-state index contributed by atoms with van der Waals surface area (Å²) in [4.78, 5) is 29.1. The van der Waals surface area contributed by atoms with Gasteiger partial charge in [0.05, 0.1) is 10.6 Å². The highest BCUT2D eigenvalue weighted by atomic mass is 32.1. The highest BCUT2D eigenvalue weighted by Gasteiger charge is 2.21. The summed E-state index contributed by atoms with van der Waals surface area (Å²) in [6, 6.07) is 13.2. The van der Waals surface area contributed by atoms with Gasteiger partial charge in [-0.15, -0.1) is 16.4 Å². The Morgan fingerprint density at radius 3 is 2.62 bits per heavy atom. The molecule has 0 bridgehead atoms. The predicted molar refractivity (Wildman–Crippen MR) is 98.2 cm³/mol. The molecule has 0 aliphatic heterocycles. The van der Waals surface area contributed by atoms with E-state index in [-0.39, 0.29) is 24.4 Å². The van der Waals surface area contributed by atoms with Crippen LogP contribution in [-0.4, -0.2) is 39.3 Å². The molecule has 0 spiro atoms. The van der Waals surface area contributed by atoms with E-state index in [1.165, 1.54) is 11.3 Å². The standard InChI is InChI=1S/C18H18N4O3S/c1-12(2)19-15(23)11-25-18(24)16-20-17(14-9-6-10-26-14)22(21-16)13-7-4-3-5-8-13/h3-10,12H,11H2,1-2H3,(H,19,23). The SMILES string of the molecule is CC(C)NC(=O)COC(=O)c1nc(-c2cccs2)n(-c2ccccc2)n1. The fourth-order valence-corrected chi connectivity index (χ4v) is 2.97. The normalized spacial score (nSPS) is 10.7. The minimum absolute atomic E-state index is 0.0259. The monoisotopic (exact) mass is 370 g/mol. The van der Waals surface area contributed by atoms with E-state index in [0.29, 0.717) is 5.82 Å². The van der Waals surface area contributed by atoms with Crippen molar-refractivity contribution in [1.82, 2.24) is 20.1 Å². The second-order valence-electron chi connectivity index (χ2n) is 5.78. The number of nitrogens with zero attached hydrogens (tertiary/aromatic N) is 3. The van der Waals surface area contributed by atoms with Crippen molar-refractivity contribution in [3.8, 4) is 16.4 Å². The van der Waals surface area contributed by atoms with Crippen LogP contribution < -0.4 is 5.32 Å². The van der Waals surface area contributed by atoms with Crippen molar-refractivity contribution in [3.63, 3.8) is 0 Å². The molecule has 1 N–H and O–H groups in total. The molecular formula is C18H18N4O3S. The molecule has 7 nitrogen and oxygen atoms in total. The van der Waals surface area contributed by atoms with Gasteiger partial charge in [-0.3, -0.25) is 4.79 Å². The van der Waals surface area contributed by atoms with Crippen LogP contribution in [0.5, 0.6) is 0 Å². The van der Waals surface area contributed by atoms with Crippen LogP contribution in [-0.2, 0) is 9.53 Å². The Morgan fingerprint density at radius 1 is 1.19 bits per heavy atom. The summed E-state index contributed by atoms with van der Waals surface area (Å²) in [6.45, 7) is 3.29. The van der Waals surface area contributed by atoms with Gasteiger partial charge < -0.3 is 10.1 Å². The number of benzene rings is 1. The number of thiophene rings is 1. The maximum absolute atomic E-state index is 12.3. The number of amides is 1. The first kappa shape index (κ1) is 17.8. The molecule has 2 aromatic heterocycles. The summed E-state index contributed by atoms with van der Waals surface area (Å²) >= 11 is 1.50. The zero-order valence-corrected chi connectivity index (χ0v) is 15.2. The molecule has 2 heterocycles. The molecule has 134 valence electrons. The Labute approximate surface area is 154 Å². The molecular weight excluding hydrogens is 352 g/mol. The molecule has 3 aromatic rings. The molecule has 1 aromatic carbocycles. The van der Waals surface area contributed by atoms with E-state index in [1.807, 2.05) is 61.7 Å². The third-order valence-electron chi connectivity index (χ3n) is 3.32. The van der Waals surface area contributed by atoms with E-state index in [0.717, 1.165) is 10.6 Å². The van der Waals surface area contributed by atoms with E-state index in [2.05, 4.69) is 15.4 Å². The van der Waals surface area contributed by atoms with Crippen molar-refractivity contribution >= 4 is 23.2 Å². The van der Waals surface area contributed by atoms with Gasteiger partial charge in [-0.05, 0) is 37.4 Å². The van der Waals surface area contributed by atoms with E-state index in [4.69, 9.17) is 4.74 Å². The molecule has 1 amide bonds. The molecule has 0 aliphatic rings. The Kier molecular flexibility index (Phi) is 5.43. The number of esters is 1. The summed E-state index contributed by atoms with van der Waals surface area (Å²) in [5, 5.41) is 8.86. The number of nitrogens with one attached hydrogen (secondary N) is 1. The Morgan fingerprint density at radius 2 is 1.96 bits per heavy atom. The van der Waals surface area contributed by atoms with Crippen LogP contribution in [0.15, 0.2) is 47.8 Å². The van der Waals surface area contributed by atoms with E-state index >= 15 is 0 Å². The van der Waals surface area contributed by atoms with Gasteiger partial charge in [-0.25, -0.2) is 9.48 Å². The molecule has 3 rings (SSSR count). The van der Waals surface area contributed by atoms with E-state index < -0.39 is 5.97 Å². The largest absolute Gasteiger partial charge is 0.450 e. The molecule has 0 unspecified atom stereocenters. The number of rotatable bonds is 6. The van der Waals surface area contributed by atoms with Crippen LogP contribution in [0.25, 0.3) is 16.4 Å². The minimum atomic E-state index is -0.739. The topological polar surface area (TPSA) is 86.1 Å². The molecule has 26 heavy (non-hydrogen) atoms. The smallest absolute Gasteiger partial charge is 0.378 e. The zero-order chi connectivity index (χ0) is 18.5. The molecule has 0 radical (unpaired) electrons. The van der Waals surface area contributed by atoms with Crippen molar-refractivity contribution in [2.45, 2.75) is 19.9 Å². The second kappa shape index (κ2) is 7.92. The van der Waals surface area contributed by atoms with Gasteiger partial charge in [0.15, 0.2) is 12.4 Å². The lowest BCUT2D eigenvalue weighted by molar-refractivity contribution is -0.124. The summed E-state index contributed by atoms with van der Waals surface area (Å²) in [7, 11) is 0. The van der Waals surface area contributed by atoms with Gasteiger partial charge in [0.1, 0.15) is 0 Å². The van der Waals surface area contributed by atoms with Gasteiger partial charge in [0.25, 0.3) is 11.7 Å². The maximum atomic E-state index is 12.3. The van der Waals surface area contributed by atoms with Crippen molar-refractivity contribution in [2.24, 2.45) is 0 Å². The number of hydrogen-bond acceptors (Lipinski definition) is 6. The van der Waals surface area contributed by atoms with Crippen molar-refractivity contribution in [3.05, 3.63) is 53.7 Å². The summed E-state index contributed by atoms with van der Waals surface area (Å²) < 4.78 is 6.62. The highest BCUT2D eigenvalue weighted by Crippen LogP contribution is 2.25. The van der Waals surface area contributed by atoms with Crippen LogP contribution in [0.4, 0.5) is 0 Å². The first-order chi connectivity index (χ1) is 12.5. The molecule has 8 heteroatoms. The van der Waals surface area contributed by atoms with Gasteiger partial charge >= 0.3 is 5.97 Å². The van der Waals surface area contributed by atoms with E-state index in [1.54, 1.807) is 4.68 Å². The lowest BCUT2D eigenvalue weighted by Gasteiger charge is -2.07. The number of para-hydroxylation sites is 1. The Balaban J connectivity index is 1.85. The number of aromatic nitrogens is 3. The fourth-order valence-electron chi connectivity index (χ4n) is 2.27. The third-order valence-corrected chi connectivity index (χ3v) is 4.18. The molecule has 0 aliphatic carbocycles. The fraction of sp³-hybridized carbons (Fsp3) is 0.222. The van der Waals surface area contributed by atoms with Crippen LogP contribution in [0.3, 0.4) is 0 Å². The Hall–Kier alpha value is -3.00. The van der Waals surface area contributed by atoms with Crippen molar-refractivity contribution in [2.75, 3.05) is 6.61 Å². The summed E-state index contributed by atoms with van der Waals surface area (Å²) in [6.07, 6.45) is 0. The highest BCUT2D eigenvalue weighted by molar-refractivity contribution is 7.13. The second-order valence-corrected chi connectivity index (χ2v) is 6.73. The van der Waals surface area contributed by atoms with Crippen molar-refractivity contribution < 1.29 is 14.3 Å². The van der Waals surface area contributed by atoms with Crippen LogP contribution in [0, 0.1) is 0 Å². The average Bonchev–Trinajstić information content (AvgIpc) is 3.29. The van der Waals surface area contributed by atoms with Gasteiger partial charge in [0, 0.05) is 6.04 Å². The number of carbonyl (C=O) groups is 2. The minimum Gasteiger partial charge on any atom is -0.450 e. The number of hydrogen-bond donors (Lipinski definition) is 1. The summed E-state index contributed by atoms with van der Waals surface area (Å²) in [5.74, 6) is -0.648. The van der Waals surface area contributed by atoms with Gasteiger partial charge in [-0.1, -0.05) is 24.3 Å². The maximum Gasteiger partial charge on any atom is 0.378 e. The summed E-state index contributed by atoms with van der Waals surface area (Å²) in [5.41, 5.74) is 0.778. The first-order valence-corrected chi connectivity index (χ1v) is 8.95. The first-order valence-electron chi connectivity index (χ1n) is 8.07. The number of carbonyl (C=O) groups excluding carboxylic acids is 2. The van der Waals surface area contributed by atoms with Crippen LogP contribution in [0.1, 0.15) is 24.5 Å². The molecule has 0 saturated carbocycles. The molecule has 0 atom stereocenters.